The molecule has 1 aliphatic rings. The van der Waals surface area contributed by atoms with E-state index in [0.717, 1.165) is 22.3 Å². The fourth-order valence-electron chi connectivity index (χ4n) is 3.52. The number of primary amides is 1. The van der Waals surface area contributed by atoms with Crippen molar-refractivity contribution in [3.05, 3.63) is 31.0 Å². The Morgan fingerprint density at radius 3 is 2.45 bits per heavy atom. The van der Waals surface area contributed by atoms with Crippen LogP contribution in [0.1, 0.15) is 19.8 Å². The topological polar surface area (TPSA) is 102 Å². The van der Waals surface area contributed by atoms with Crippen molar-refractivity contribution in [2.24, 2.45) is 5.73 Å². The van der Waals surface area contributed by atoms with Gasteiger partial charge in [-0.15, -0.1) is 10.4 Å². The van der Waals surface area contributed by atoms with Crippen LogP contribution in [0.2, 0.25) is 15.7 Å². The highest BCUT2D eigenvalue weighted by Gasteiger charge is 2.53. The van der Waals surface area contributed by atoms with Gasteiger partial charge in [0.25, 0.3) is 0 Å². The fourth-order valence-corrected chi connectivity index (χ4v) is 3.52. The zero-order valence-corrected chi connectivity index (χ0v) is 16.2. The van der Waals surface area contributed by atoms with Crippen LogP contribution < -0.4 is 5.73 Å². The molecule has 12 heteroatoms. The van der Waals surface area contributed by atoms with E-state index in [4.69, 9.17) is 39.2 Å². The maximum Gasteiger partial charge on any atom is 0.214 e. The number of H-pyrrole nitrogens is 1. The van der Waals surface area contributed by atoms with Gasteiger partial charge in [-0.2, -0.15) is 5.10 Å². The second-order valence-electron chi connectivity index (χ2n) is 7.55. The molecule has 136 valence electrons. The van der Waals surface area contributed by atoms with E-state index < -0.39 is 15.7 Å². The van der Waals surface area contributed by atoms with E-state index in [9.17, 15) is 4.79 Å². The van der Waals surface area contributed by atoms with E-state index in [1.165, 1.54) is 13.3 Å². The summed E-state index contributed by atoms with van der Waals surface area (Å²) in [4.78, 5) is 20.8. The number of hydrogen-bond acceptors (Lipinski definition) is 4. The Hall–Kier alpha value is -2.38. The molecule has 3 heterocycles. The number of nitrogens with one attached hydrogen (secondary N) is 1. The maximum atomic E-state index is 9.22. The number of carbonyl (C=O) groups excluding carboxylic acids is 1. The summed E-state index contributed by atoms with van der Waals surface area (Å²) in [6, 6.07) is 1.92. The second-order valence-corrected chi connectivity index (χ2v) is 7.55. The lowest BCUT2D eigenvalue weighted by Gasteiger charge is -2.49. The average molecular weight is 375 g/mol. The Morgan fingerprint density at radius 1 is 1.21 bits per heavy atom. The minimum Gasteiger partial charge on any atom is -0.370 e. The molecule has 29 heavy (non-hydrogen) atoms. The molecule has 1 saturated carbocycles. The third-order valence-corrected chi connectivity index (χ3v) is 5.29. The molecular formula is C17H17B5N6O. The highest BCUT2D eigenvalue weighted by molar-refractivity contribution is 6.53. The lowest BCUT2D eigenvalue weighted by molar-refractivity contribution is -0.115. The quantitative estimate of drug-likeness (QED) is 0.645. The van der Waals surface area contributed by atoms with Crippen molar-refractivity contribution < 1.29 is 4.79 Å². The third-order valence-electron chi connectivity index (χ3n) is 5.29. The molecule has 0 spiro atoms. The Labute approximate surface area is 176 Å². The summed E-state index contributed by atoms with van der Waals surface area (Å²) in [5.74, 6) is -0.333. The summed E-state index contributed by atoms with van der Waals surface area (Å²) in [6.07, 6.45) is 7.74. The molecule has 0 atom stereocenters. The van der Waals surface area contributed by atoms with Crippen molar-refractivity contribution in [3.63, 3.8) is 0 Å². The van der Waals surface area contributed by atoms with Gasteiger partial charge in [0.1, 0.15) is 12.0 Å². The van der Waals surface area contributed by atoms with Gasteiger partial charge >= 0.3 is 0 Å². The molecule has 10 radical (unpaired) electrons. The highest BCUT2D eigenvalue weighted by atomic mass is 16.1. The molecule has 1 amide bonds. The summed E-state index contributed by atoms with van der Waals surface area (Å²) < 4.78 is 1.66. The van der Waals surface area contributed by atoms with Crippen LogP contribution in [0, 0.1) is 0 Å². The Balaban J connectivity index is 0.000000552. The Kier molecular flexibility index (Phi) is 5.49. The van der Waals surface area contributed by atoms with Crippen LogP contribution in [0.4, 0.5) is 0 Å². The molecule has 0 aliphatic heterocycles. The highest BCUT2D eigenvalue weighted by Crippen LogP contribution is 2.69. The van der Waals surface area contributed by atoms with E-state index in [-0.39, 0.29) is 12.5 Å². The van der Waals surface area contributed by atoms with Gasteiger partial charge in [0, 0.05) is 36.8 Å². The fraction of sp³-hybridized carbons (Fsp3) is 0.412. The van der Waals surface area contributed by atoms with E-state index >= 15 is 0 Å². The maximum absolute atomic E-state index is 9.22. The predicted molar refractivity (Wildman–Crippen MR) is 116 cm³/mol. The number of amides is 1. The zero-order valence-electron chi connectivity index (χ0n) is 16.2. The van der Waals surface area contributed by atoms with Gasteiger partial charge in [0.2, 0.25) is 5.91 Å². The first-order valence-corrected chi connectivity index (χ1v) is 8.98. The molecule has 0 unspecified atom stereocenters. The average Bonchev–Trinajstić information content (AvgIpc) is 3.30. The third kappa shape index (κ3) is 3.89. The Bertz CT molecular complexity index is 1010. The number of carbonyl (C=O) groups is 1. The largest absolute Gasteiger partial charge is 0.370 e. The van der Waals surface area contributed by atoms with E-state index in [0.29, 0.717) is 12.8 Å². The minimum absolute atomic E-state index is 0.203. The summed E-state index contributed by atoms with van der Waals surface area (Å²) in [6.45, 7) is 1.51. The molecule has 3 N–H and O–H groups in total. The Morgan fingerprint density at radius 2 is 1.83 bits per heavy atom. The smallest absolute Gasteiger partial charge is 0.214 e. The van der Waals surface area contributed by atoms with Crippen LogP contribution in [-0.2, 0) is 11.3 Å². The van der Waals surface area contributed by atoms with Gasteiger partial charge in [-0.05, 0) is 6.07 Å². The summed E-state index contributed by atoms with van der Waals surface area (Å²) in [5, 5.41) is 1.73. The van der Waals surface area contributed by atoms with Gasteiger partial charge in [-0.25, -0.2) is 9.97 Å². The van der Waals surface area contributed by atoms with Gasteiger partial charge in [0.05, 0.1) is 51.1 Å². The van der Waals surface area contributed by atoms with E-state index in [2.05, 4.69) is 25.8 Å². The molecule has 1 fully saturated rings. The number of aromatic nitrogens is 5. The number of aromatic amines is 1. The first kappa shape index (κ1) is 21.3. The number of nitrogens with zero attached hydrogens (tertiary/aromatic N) is 4. The van der Waals surface area contributed by atoms with Crippen molar-refractivity contribution in [1.82, 2.24) is 24.7 Å². The van der Waals surface area contributed by atoms with Crippen molar-refractivity contribution in [1.29, 1.82) is 0 Å². The number of nitrogens with two attached hydrogens (primary N) is 1. The zero-order chi connectivity index (χ0) is 21.4. The van der Waals surface area contributed by atoms with E-state index in [1.807, 2.05) is 18.5 Å². The molecule has 1 aliphatic carbocycles. The number of hydrogen-bond donors (Lipinski definition) is 2. The van der Waals surface area contributed by atoms with Crippen LogP contribution in [0.5, 0.6) is 0 Å². The molecule has 3 aromatic heterocycles. The molecule has 0 aromatic carbocycles. The van der Waals surface area contributed by atoms with Crippen LogP contribution in [0.3, 0.4) is 0 Å². The second kappa shape index (κ2) is 7.46. The molecule has 0 bridgehead atoms. The molecule has 0 saturated heterocycles. The van der Waals surface area contributed by atoms with Crippen LogP contribution in [0.25, 0.3) is 22.3 Å². The van der Waals surface area contributed by atoms with E-state index in [1.54, 1.807) is 10.9 Å². The number of rotatable bonds is 3. The SMILES string of the molecule is CC(N)=O.[B]C1([B])CCC([B])([B])C1([B])Cn1cc(-c2ncnc3[nH]ccc23)cn1. The molecular weight excluding hydrogens is 358 g/mol. The van der Waals surface area contributed by atoms with Crippen LogP contribution in [0.15, 0.2) is 31.0 Å². The molecule has 4 rings (SSSR count). The van der Waals surface area contributed by atoms with Gasteiger partial charge in [-0.3, -0.25) is 9.48 Å². The predicted octanol–water partition coefficient (Wildman–Crippen LogP) is 0.340. The normalized spacial score (nSPS) is 18.8. The standard InChI is InChI=1S/C15H12B5N5.C2H5NO/c16-13(14(17,18)2-3-15(13,19)20)7-25-6-9(5-24-25)11-10-1-4-21-12(10)23-8-22-11;1-2(3)4/h1,4-6,8H,2-3,7H2,(H,21,22,23);1H3,(H2,3,4). The number of fused-ring (bicyclic) bond motifs is 1. The summed E-state index contributed by atoms with van der Waals surface area (Å²) >= 11 is 0. The van der Waals surface area contributed by atoms with Crippen molar-refractivity contribution in [2.45, 2.75) is 42.1 Å². The lowest BCUT2D eigenvalue weighted by Crippen LogP contribution is -2.39. The first-order valence-electron chi connectivity index (χ1n) is 8.98. The molecule has 7 nitrogen and oxygen atoms in total. The van der Waals surface area contributed by atoms with Gasteiger partial charge < -0.3 is 10.7 Å². The molecule has 3 aromatic rings. The van der Waals surface area contributed by atoms with Crippen molar-refractivity contribution in [3.8, 4) is 11.3 Å². The minimum atomic E-state index is -1.20. The van der Waals surface area contributed by atoms with Crippen molar-refractivity contribution in [2.75, 3.05) is 0 Å². The van der Waals surface area contributed by atoms with Gasteiger partial charge in [-0.1, -0.05) is 18.2 Å². The first-order chi connectivity index (χ1) is 13.5. The van der Waals surface area contributed by atoms with Gasteiger partial charge in [0.15, 0.2) is 0 Å². The monoisotopic (exact) mass is 376 g/mol. The van der Waals surface area contributed by atoms with Crippen LogP contribution >= 0.6 is 0 Å². The lowest BCUT2D eigenvalue weighted by atomic mass is 9.27. The van der Waals surface area contributed by atoms with Crippen LogP contribution in [-0.4, -0.2) is 69.9 Å². The van der Waals surface area contributed by atoms with Crippen molar-refractivity contribution >= 4 is 56.2 Å². The summed E-state index contributed by atoms with van der Waals surface area (Å²) in [5.41, 5.74) is 6.83. The summed E-state index contributed by atoms with van der Waals surface area (Å²) in [7, 11) is 31.2.